The molecule has 0 saturated carbocycles. The molecule has 0 fully saturated rings. The summed E-state index contributed by atoms with van der Waals surface area (Å²) in [4.78, 5) is 25.4. The fourth-order valence-corrected chi connectivity index (χ4v) is 3.08. The molecule has 1 aromatic heterocycles. The smallest absolute Gasteiger partial charge is 0.410 e. The molecule has 1 amide bonds. The minimum Gasteiger partial charge on any atom is -0.444 e. The highest BCUT2D eigenvalue weighted by atomic mass is 19.1. The molecule has 3 rings (SSSR count). The quantitative estimate of drug-likeness (QED) is 0.762. The molecule has 9 heteroatoms. The van der Waals surface area contributed by atoms with Gasteiger partial charge in [-0.1, -0.05) is 0 Å². The molecule has 0 atom stereocenters. The summed E-state index contributed by atoms with van der Waals surface area (Å²) in [5, 5.41) is 8.06. The molecule has 1 heterocycles. The van der Waals surface area contributed by atoms with Crippen molar-refractivity contribution >= 4 is 23.4 Å². The Kier molecular flexibility index (Phi) is 4.88. The first-order valence-corrected chi connectivity index (χ1v) is 8.73. The van der Waals surface area contributed by atoms with Gasteiger partial charge < -0.3 is 14.4 Å². The Hall–Kier alpha value is -2.58. The average Bonchev–Trinajstić information content (AvgIpc) is 3.20. The third-order valence-electron chi connectivity index (χ3n) is 4.43. The summed E-state index contributed by atoms with van der Waals surface area (Å²) in [5.41, 5.74) is -0.517. The number of fused-ring (bicyclic) bond motifs is 2. The molecule has 0 aliphatic heterocycles. The predicted octanol–water partition coefficient (Wildman–Crippen LogP) is 2.49. The second-order valence-corrected chi connectivity index (χ2v) is 7.78. The van der Waals surface area contributed by atoms with Gasteiger partial charge in [0.05, 0.1) is 6.54 Å². The van der Waals surface area contributed by atoms with Crippen molar-refractivity contribution in [2.45, 2.75) is 45.8 Å². The van der Waals surface area contributed by atoms with Crippen LogP contribution in [0.4, 0.5) is 13.6 Å². The summed E-state index contributed by atoms with van der Waals surface area (Å²) in [6.07, 6.45) is 0.560. The van der Waals surface area contributed by atoms with Crippen LogP contribution in [0.3, 0.4) is 0 Å². The first kappa shape index (κ1) is 19.2. The number of benzene rings is 1. The number of carbonyl (C=O) groups excluding carboxylic acids is 2. The summed E-state index contributed by atoms with van der Waals surface area (Å²) in [6.45, 7) is 5.67. The summed E-state index contributed by atoms with van der Waals surface area (Å²) < 4.78 is 34.7. The zero-order valence-corrected chi connectivity index (χ0v) is 15.8. The maximum absolute atomic E-state index is 14.7. The summed E-state index contributed by atoms with van der Waals surface area (Å²) in [6, 6.07) is 0. The molecule has 0 unspecified atom stereocenters. The third-order valence-corrected chi connectivity index (χ3v) is 4.43. The van der Waals surface area contributed by atoms with Crippen molar-refractivity contribution < 1.29 is 23.1 Å². The Balaban J connectivity index is 1.79. The van der Waals surface area contributed by atoms with Crippen LogP contribution >= 0.6 is 0 Å². The topological polar surface area (TPSA) is 77.3 Å². The van der Waals surface area contributed by atoms with Gasteiger partial charge in [0.1, 0.15) is 11.9 Å². The molecule has 0 N–H and O–H groups in total. The lowest BCUT2D eigenvalue weighted by atomic mass is 10.1. The molecular formula is C18H22F2N4O3. The van der Waals surface area contributed by atoms with Crippen molar-refractivity contribution in [3.63, 3.8) is 0 Å². The van der Waals surface area contributed by atoms with Gasteiger partial charge in [-0.15, -0.1) is 0 Å². The molecule has 7 nitrogen and oxygen atoms in total. The van der Waals surface area contributed by atoms with Gasteiger partial charge in [0.2, 0.25) is 0 Å². The standard InChI is InChI=1S/C18H22F2N4O3/c1-18(2,3)27-17(26)23(4)5-6-24-21-15-13(19)11-7-10(9-25)8-12(11)14(20)16(15)22-24/h9-10H,5-8H2,1-4H3. The van der Waals surface area contributed by atoms with Crippen molar-refractivity contribution in [2.75, 3.05) is 13.6 Å². The van der Waals surface area contributed by atoms with Crippen molar-refractivity contribution in [1.29, 1.82) is 0 Å². The Bertz CT molecular complexity index is 855. The highest BCUT2D eigenvalue weighted by Crippen LogP contribution is 2.34. The van der Waals surface area contributed by atoms with E-state index in [1.807, 2.05) is 0 Å². The van der Waals surface area contributed by atoms with E-state index in [2.05, 4.69) is 10.2 Å². The second kappa shape index (κ2) is 6.86. The maximum atomic E-state index is 14.7. The molecule has 2 aromatic rings. The molecule has 0 radical (unpaired) electrons. The van der Waals surface area contributed by atoms with E-state index >= 15 is 0 Å². The third kappa shape index (κ3) is 3.77. The van der Waals surface area contributed by atoms with E-state index < -0.39 is 29.2 Å². The van der Waals surface area contributed by atoms with Gasteiger partial charge in [0, 0.05) is 19.5 Å². The molecule has 1 aromatic carbocycles. The largest absolute Gasteiger partial charge is 0.444 e. The van der Waals surface area contributed by atoms with Crippen LogP contribution in [0, 0.1) is 17.6 Å². The minimum atomic E-state index is -0.627. The summed E-state index contributed by atoms with van der Waals surface area (Å²) in [5.74, 6) is -1.67. The minimum absolute atomic E-state index is 0.155. The summed E-state index contributed by atoms with van der Waals surface area (Å²) in [7, 11) is 1.56. The fraction of sp³-hybridized carbons (Fsp3) is 0.556. The van der Waals surface area contributed by atoms with E-state index in [-0.39, 0.29) is 48.1 Å². The van der Waals surface area contributed by atoms with Crippen LogP contribution in [-0.2, 0) is 28.9 Å². The van der Waals surface area contributed by atoms with E-state index in [1.54, 1.807) is 27.8 Å². The fourth-order valence-electron chi connectivity index (χ4n) is 3.08. The Morgan fingerprint density at radius 2 is 1.74 bits per heavy atom. The average molecular weight is 380 g/mol. The van der Waals surface area contributed by atoms with Crippen LogP contribution in [0.1, 0.15) is 31.9 Å². The second-order valence-electron chi connectivity index (χ2n) is 7.78. The van der Waals surface area contributed by atoms with E-state index in [0.29, 0.717) is 0 Å². The van der Waals surface area contributed by atoms with Crippen molar-refractivity contribution in [1.82, 2.24) is 19.9 Å². The number of hydrogen-bond acceptors (Lipinski definition) is 5. The number of aromatic nitrogens is 3. The van der Waals surface area contributed by atoms with E-state index in [4.69, 9.17) is 4.74 Å². The van der Waals surface area contributed by atoms with Gasteiger partial charge in [-0.05, 0) is 44.7 Å². The van der Waals surface area contributed by atoms with Crippen LogP contribution in [-0.4, -0.2) is 51.5 Å². The number of hydrogen-bond donors (Lipinski definition) is 0. The van der Waals surface area contributed by atoms with Gasteiger partial charge >= 0.3 is 6.09 Å². The Morgan fingerprint density at radius 3 is 2.19 bits per heavy atom. The first-order valence-electron chi connectivity index (χ1n) is 8.73. The lowest BCUT2D eigenvalue weighted by Crippen LogP contribution is -2.36. The van der Waals surface area contributed by atoms with E-state index in [1.165, 1.54) is 9.70 Å². The van der Waals surface area contributed by atoms with Crippen LogP contribution in [0.15, 0.2) is 0 Å². The Morgan fingerprint density at radius 1 is 1.22 bits per heavy atom. The number of carbonyl (C=O) groups is 2. The molecule has 0 spiro atoms. The number of nitrogens with zero attached hydrogens (tertiary/aromatic N) is 4. The SMILES string of the molecule is CN(CCn1nc2c(F)c3c(c(F)c2n1)CC(C=O)C3)C(=O)OC(C)(C)C. The van der Waals surface area contributed by atoms with Gasteiger partial charge in [-0.3, -0.25) is 0 Å². The number of amides is 1. The highest BCUT2D eigenvalue weighted by Gasteiger charge is 2.31. The zero-order valence-electron chi connectivity index (χ0n) is 15.8. The van der Waals surface area contributed by atoms with Crippen molar-refractivity contribution in [3.8, 4) is 0 Å². The lowest BCUT2D eigenvalue weighted by Gasteiger charge is -2.24. The van der Waals surface area contributed by atoms with Crippen LogP contribution in [0.2, 0.25) is 0 Å². The Labute approximate surface area is 155 Å². The van der Waals surface area contributed by atoms with Gasteiger partial charge in [0.15, 0.2) is 22.7 Å². The molecule has 0 bridgehead atoms. The van der Waals surface area contributed by atoms with Crippen LogP contribution in [0.25, 0.3) is 11.0 Å². The molecule has 0 saturated heterocycles. The number of aldehydes is 1. The van der Waals surface area contributed by atoms with Crippen molar-refractivity contribution in [2.24, 2.45) is 5.92 Å². The molecule has 146 valence electrons. The number of halogens is 2. The van der Waals surface area contributed by atoms with Gasteiger partial charge in [0.25, 0.3) is 0 Å². The normalized spacial score (nSPS) is 14.4. The monoisotopic (exact) mass is 380 g/mol. The number of ether oxygens (including phenoxy) is 1. The molecule has 1 aliphatic rings. The molecule has 27 heavy (non-hydrogen) atoms. The van der Waals surface area contributed by atoms with Gasteiger partial charge in [-0.25, -0.2) is 13.6 Å². The van der Waals surface area contributed by atoms with E-state index in [9.17, 15) is 18.4 Å². The number of likely N-dealkylation sites (N-methyl/N-ethyl adjacent to an activating group) is 1. The predicted molar refractivity (Wildman–Crippen MR) is 93.3 cm³/mol. The molecular weight excluding hydrogens is 358 g/mol. The lowest BCUT2D eigenvalue weighted by molar-refractivity contribution is -0.110. The van der Waals surface area contributed by atoms with Crippen molar-refractivity contribution in [3.05, 3.63) is 22.8 Å². The highest BCUT2D eigenvalue weighted by molar-refractivity contribution is 5.79. The van der Waals surface area contributed by atoms with Crippen LogP contribution in [0.5, 0.6) is 0 Å². The first-order chi connectivity index (χ1) is 12.6. The summed E-state index contributed by atoms with van der Waals surface area (Å²) >= 11 is 0. The molecule has 1 aliphatic carbocycles. The zero-order chi connectivity index (χ0) is 19.9. The number of rotatable bonds is 4. The maximum Gasteiger partial charge on any atom is 0.410 e. The van der Waals surface area contributed by atoms with E-state index in [0.717, 1.165) is 6.29 Å². The van der Waals surface area contributed by atoms with Gasteiger partial charge in [-0.2, -0.15) is 15.0 Å². The van der Waals surface area contributed by atoms with Crippen LogP contribution < -0.4 is 0 Å².